The Labute approximate surface area is 216 Å². The number of sulfonamides is 2. The Morgan fingerprint density at radius 2 is 1.86 bits per heavy atom. The molecule has 1 aliphatic heterocycles. The van der Waals surface area contributed by atoms with E-state index in [-0.39, 0.29) is 37.0 Å². The molecule has 0 bridgehead atoms. The molecule has 16 heteroatoms. The zero-order chi connectivity index (χ0) is 26.4. The van der Waals surface area contributed by atoms with Crippen LogP contribution in [-0.4, -0.2) is 71.6 Å². The lowest BCUT2D eigenvalue weighted by atomic mass is 9.95. The zero-order valence-electron chi connectivity index (χ0n) is 19.4. The second-order valence-corrected chi connectivity index (χ2v) is 13.1. The Morgan fingerprint density at radius 1 is 1.11 bits per heavy atom. The maximum absolute atomic E-state index is 13.8. The average Bonchev–Trinajstić information content (AvgIpc) is 3.52. The molecule has 1 aliphatic rings. The van der Waals surface area contributed by atoms with Crippen LogP contribution in [0.5, 0.6) is 0 Å². The van der Waals surface area contributed by atoms with Gasteiger partial charge in [0, 0.05) is 25.3 Å². The molecule has 13 nitrogen and oxygen atoms in total. The predicted octanol–water partition coefficient (Wildman–Crippen LogP) is 1.16. The number of aliphatic hydroxyl groups excluding tert-OH is 1. The largest absolute Gasteiger partial charge is 0.396 e. The smallest absolute Gasteiger partial charge is 0.244 e. The molecule has 1 fully saturated rings. The molecule has 3 heterocycles. The molecule has 0 saturated carbocycles. The van der Waals surface area contributed by atoms with Gasteiger partial charge in [0.25, 0.3) is 0 Å². The summed E-state index contributed by atoms with van der Waals surface area (Å²) in [6.07, 6.45) is 1.68. The Morgan fingerprint density at radius 3 is 2.51 bits per heavy atom. The first-order chi connectivity index (χ1) is 17.6. The van der Waals surface area contributed by atoms with Crippen LogP contribution in [-0.2, 0) is 20.0 Å². The molecule has 0 aliphatic carbocycles. The van der Waals surface area contributed by atoms with Crippen molar-refractivity contribution in [3.05, 3.63) is 30.3 Å². The molecule has 37 heavy (non-hydrogen) atoms. The Kier molecular flexibility index (Phi) is 6.71. The quantitative estimate of drug-likeness (QED) is 0.251. The van der Waals surface area contributed by atoms with E-state index in [9.17, 15) is 21.9 Å². The number of thiazole rings is 1. The van der Waals surface area contributed by atoms with Crippen LogP contribution in [0.1, 0.15) is 19.3 Å². The maximum Gasteiger partial charge on any atom is 0.244 e. The van der Waals surface area contributed by atoms with Gasteiger partial charge in [0.2, 0.25) is 25.9 Å². The SMILES string of the molecule is Nc1nc2c(-c3ccc(S(=O)(=O)N4CCC(CCO)CC4)c(S(N)(=O)=O)c3-c3nn[nH]n3)cccc2s1. The summed E-state index contributed by atoms with van der Waals surface area (Å²) in [6.45, 7) is 0.404. The van der Waals surface area contributed by atoms with Crippen LogP contribution < -0.4 is 10.9 Å². The molecule has 2 aromatic carbocycles. The Balaban J connectivity index is 1.75. The number of hydrogen-bond donors (Lipinski definition) is 4. The Bertz CT molecular complexity index is 1660. The molecule has 196 valence electrons. The van der Waals surface area contributed by atoms with Crippen LogP contribution in [0.25, 0.3) is 32.7 Å². The number of para-hydroxylation sites is 1. The fraction of sp³-hybridized carbons (Fsp3) is 0.333. The molecule has 0 atom stereocenters. The third kappa shape index (κ3) is 4.71. The number of nitrogens with one attached hydrogen (secondary N) is 1. The molecule has 0 spiro atoms. The highest BCUT2D eigenvalue weighted by Gasteiger charge is 2.37. The van der Waals surface area contributed by atoms with E-state index in [1.807, 2.05) is 6.07 Å². The molecule has 0 radical (unpaired) electrons. The average molecular weight is 565 g/mol. The van der Waals surface area contributed by atoms with Gasteiger partial charge >= 0.3 is 0 Å². The van der Waals surface area contributed by atoms with E-state index in [4.69, 9.17) is 10.9 Å². The number of fused-ring (bicyclic) bond motifs is 1. The summed E-state index contributed by atoms with van der Waals surface area (Å²) in [5.41, 5.74) is 7.13. The molecule has 6 N–H and O–H groups in total. The number of primary sulfonamides is 1. The first-order valence-electron chi connectivity index (χ1n) is 11.3. The van der Waals surface area contributed by atoms with Crippen LogP contribution in [0, 0.1) is 5.92 Å². The van der Waals surface area contributed by atoms with Crippen LogP contribution in [0.2, 0.25) is 0 Å². The molecule has 0 unspecified atom stereocenters. The first kappa shape index (κ1) is 25.6. The number of rotatable bonds is 7. The van der Waals surface area contributed by atoms with E-state index in [1.165, 1.54) is 27.8 Å². The van der Waals surface area contributed by atoms with E-state index >= 15 is 0 Å². The zero-order valence-corrected chi connectivity index (χ0v) is 21.9. The van der Waals surface area contributed by atoms with Gasteiger partial charge in [0.05, 0.1) is 15.8 Å². The first-order valence-corrected chi connectivity index (χ1v) is 15.1. The van der Waals surface area contributed by atoms with Crippen LogP contribution in [0.4, 0.5) is 5.13 Å². The number of benzene rings is 2. The molecular formula is C21H24N8O5S3. The number of piperidine rings is 1. The predicted molar refractivity (Wildman–Crippen MR) is 137 cm³/mol. The molecule has 4 aromatic rings. The fourth-order valence-electron chi connectivity index (χ4n) is 4.71. The van der Waals surface area contributed by atoms with Crippen molar-refractivity contribution in [2.75, 3.05) is 25.4 Å². The maximum atomic E-state index is 13.8. The third-order valence-electron chi connectivity index (χ3n) is 6.43. The number of tetrazole rings is 1. The van der Waals surface area contributed by atoms with Gasteiger partial charge in [-0.15, -0.1) is 10.2 Å². The van der Waals surface area contributed by atoms with Gasteiger partial charge in [-0.1, -0.05) is 29.5 Å². The molecule has 0 amide bonds. The van der Waals surface area contributed by atoms with E-state index in [0.717, 1.165) is 4.70 Å². The van der Waals surface area contributed by atoms with E-state index in [1.54, 1.807) is 12.1 Å². The number of nitrogens with zero attached hydrogens (tertiary/aromatic N) is 5. The Hall–Kier alpha value is -3.02. The normalized spacial score (nSPS) is 15.9. The standard InChI is InChI=1S/C21H24N8O5S3/c22-21-24-18-14(2-1-3-15(18)35-21)13-4-5-16(19(36(23,31)32)17(13)20-25-27-28-26-20)37(33,34)29-9-6-12(7-10-29)8-11-30/h1-5,12,30H,6-11H2,(H2,22,24)(H2,23,31,32)(H,25,26,27,28). The van der Waals surface area contributed by atoms with Crippen molar-refractivity contribution in [1.29, 1.82) is 0 Å². The topological polar surface area (TPSA) is 211 Å². The third-order valence-corrected chi connectivity index (χ3v) is 10.3. The number of hydrogen-bond acceptors (Lipinski definition) is 11. The van der Waals surface area contributed by atoms with Gasteiger partial charge < -0.3 is 10.8 Å². The van der Waals surface area contributed by atoms with Gasteiger partial charge in [-0.3, -0.25) is 0 Å². The van der Waals surface area contributed by atoms with Gasteiger partial charge in [0.15, 0.2) is 5.13 Å². The van der Waals surface area contributed by atoms with E-state index < -0.39 is 29.8 Å². The van der Waals surface area contributed by atoms with Crippen molar-refractivity contribution < 1.29 is 21.9 Å². The minimum Gasteiger partial charge on any atom is -0.396 e. The summed E-state index contributed by atoms with van der Waals surface area (Å²) in [7, 11) is -8.89. The number of nitrogens with two attached hydrogens (primary N) is 2. The summed E-state index contributed by atoms with van der Waals surface area (Å²) >= 11 is 1.26. The van der Waals surface area contributed by atoms with Crippen molar-refractivity contribution >= 4 is 46.7 Å². The van der Waals surface area contributed by atoms with Crippen molar-refractivity contribution in [2.45, 2.75) is 29.1 Å². The van der Waals surface area contributed by atoms with Crippen LogP contribution in [0.3, 0.4) is 0 Å². The number of aliphatic hydroxyl groups is 1. The number of aromatic amines is 1. The van der Waals surface area contributed by atoms with Gasteiger partial charge in [-0.25, -0.2) is 27.0 Å². The number of aromatic nitrogens is 5. The van der Waals surface area contributed by atoms with Crippen molar-refractivity contribution in [2.24, 2.45) is 11.1 Å². The van der Waals surface area contributed by atoms with Crippen LogP contribution in [0.15, 0.2) is 40.1 Å². The minimum atomic E-state index is -4.61. The highest BCUT2D eigenvalue weighted by atomic mass is 32.2. The second-order valence-electron chi connectivity index (χ2n) is 8.66. The minimum absolute atomic E-state index is 0.0277. The van der Waals surface area contributed by atoms with Crippen LogP contribution >= 0.6 is 11.3 Å². The van der Waals surface area contributed by atoms with Crippen molar-refractivity contribution in [3.63, 3.8) is 0 Å². The van der Waals surface area contributed by atoms with Crippen molar-refractivity contribution in [3.8, 4) is 22.5 Å². The molecule has 2 aromatic heterocycles. The summed E-state index contributed by atoms with van der Waals surface area (Å²) < 4.78 is 55.6. The number of H-pyrrole nitrogens is 1. The molecular weight excluding hydrogens is 540 g/mol. The van der Waals surface area contributed by atoms with Crippen molar-refractivity contribution in [1.82, 2.24) is 29.9 Å². The highest BCUT2D eigenvalue weighted by molar-refractivity contribution is 7.92. The van der Waals surface area contributed by atoms with E-state index in [2.05, 4.69) is 25.6 Å². The highest BCUT2D eigenvalue weighted by Crippen LogP contribution is 2.42. The lowest BCUT2D eigenvalue weighted by Gasteiger charge is -2.31. The van der Waals surface area contributed by atoms with Gasteiger partial charge in [-0.2, -0.15) is 9.52 Å². The van der Waals surface area contributed by atoms with Gasteiger partial charge in [-0.05, 0) is 48.1 Å². The lowest BCUT2D eigenvalue weighted by Crippen LogP contribution is -2.39. The summed E-state index contributed by atoms with van der Waals surface area (Å²) in [4.78, 5) is 3.29. The fourth-order valence-corrected chi connectivity index (χ4v) is 8.51. The lowest BCUT2D eigenvalue weighted by molar-refractivity contribution is 0.208. The van der Waals surface area contributed by atoms with Gasteiger partial charge in [0.1, 0.15) is 9.79 Å². The summed E-state index contributed by atoms with van der Waals surface area (Å²) in [5, 5.41) is 28.9. The molecule has 5 rings (SSSR count). The number of nitrogen functional groups attached to an aromatic ring is 1. The number of anilines is 1. The summed E-state index contributed by atoms with van der Waals surface area (Å²) in [6, 6.07) is 8.03. The molecule has 1 saturated heterocycles. The van der Waals surface area contributed by atoms with E-state index in [0.29, 0.717) is 41.0 Å². The second kappa shape index (κ2) is 9.70. The monoisotopic (exact) mass is 564 g/mol. The summed E-state index contributed by atoms with van der Waals surface area (Å²) in [5.74, 6) is 0.0513.